The molecule has 2 fully saturated rings. The predicted molar refractivity (Wildman–Crippen MR) is 114 cm³/mol. The number of fused-ring (bicyclic) bond motifs is 1. The monoisotopic (exact) mass is 442 g/mol. The van der Waals surface area contributed by atoms with Gasteiger partial charge in [0.25, 0.3) is 5.91 Å². The van der Waals surface area contributed by atoms with Crippen molar-refractivity contribution in [1.29, 1.82) is 0 Å². The standard InChI is InChI=1S/C23H21ClF2N4O/c1-12-6-13(2-4-18(12)25)9-30-20(23(31)29-10-15-16(11-29)21(15)27)8-28-22(30)14-3-5-19(26)17(24)7-14/h2-8,15-16,21H,9-11,27H2,1H3. The zero-order chi connectivity index (χ0) is 21.9. The smallest absolute Gasteiger partial charge is 0.272 e. The van der Waals surface area contributed by atoms with Crippen LogP contribution in [0, 0.1) is 30.4 Å². The highest BCUT2D eigenvalue weighted by Gasteiger charge is 2.54. The third kappa shape index (κ3) is 3.51. The topological polar surface area (TPSA) is 64.2 Å². The second kappa shape index (κ2) is 7.43. The van der Waals surface area contributed by atoms with E-state index in [1.165, 1.54) is 24.4 Å². The number of benzene rings is 2. The molecule has 2 aliphatic rings. The first-order valence-electron chi connectivity index (χ1n) is 10.1. The van der Waals surface area contributed by atoms with Gasteiger partial charge in [-0.15, -0.1) is 0 Å². The number of hydrogen-bond acceptors (Lipinski definition) is 3. The number of nitrogens with zero attached hydrogens (tertiary/aromatic N) is 3. The van der Waals surface area contributed by atoms with Gasteiger partial charge >= 0.3 is 0 Å². The number of aryl methyl sites for hydroxylation is 1. The zero-order valence-electron chi connectivity index (χ0n) is 16.9. The molecule has 2 unspecified atom stereocenters. The van der Waals surface area contributed by atoms with Crippen molar-refractivity contribution < 1.29 is 13.6 Å². The second-order valence-corrected chi connectivity index (χ2v) is 8.79. The molecule has 160 valence electrons. The summed E-state index contributed by atoms with van der Waals surface area (Å²) in [6.45, 7) is 3.29. The third-order valence-electron chi connectivity index (χ3n) is 6.36. The lowest BCUT2D eigenvalue weighted by Crippen LogP contribution is -2.35. The van der Waals surface area contributed by atoms with Crippen LogP contribution in [-0.4, -0.2) is 39.5 Å². The van der Waals surface area contributed by atoms with Crippen molar-refractivity contribution in [3.05, 3.63) is 76.1 Å². The fraction of sp³-hybridized carbons (Fsp3) is 0.304. The van der Waals surface area contributed by atoms with E-state index in [0.717, 1.165) is 5.56 Å². The van der Waals surface area contributed by atoms with E-state index >= 15 is 0 Å². The highest BCUT2D eigenvalue weighted by atomic mass is 35.5. The van der Waals surface area contributed by atoms with Crippen LogP contribution in [0.1, 0.15) is 21.6 Å². The summed E-state index contributed by atoms with van der Waals surface area (Å²) in [4.78, 5) is 19.6. The van der Waals surface area contributed by atoms with Gasteiger partial charge in [-0.3, -0.25) is 4.79 Å². The Morgan fingerprint density at radius 1 is 1.16 bits per heavy atom. The predicted octanol–water partition coefficient (Wildman–Crippen LogP) is 3.87. The molecule has 1 saturated heterocycles. The maximum Gasteiger partial charge on any atom is 0.272 e. The highest BCUT2D eigenvalue weighted by Crippen LogP contribution is 2.44. The molecule has 1 amide bonds. The first kappa shape index (κ1) is 20.2. The number of piperidine rings is 1. The minimum absolute atomic E-state index is 0.0221. The van der Waals surface area contributed by atoms with Gasteiger partial charge in [0.1, 0.15) is 23.2 Å². The van der Waals surface area contributed by atoms with Gasteiger partial charge < -0.3 is 15.2 Å². The molecule has 1 aliphatic carbocycles. The Labute approximate surface area is 183 Å². The van der Waals surface area contributed by atoms with E-state index in [1.54, 1.807) is 29.7 Å². The van der Waals surface area contributed by atoms with Crippen LogP contribution in [0.15, 0.2) is 42.6 Å². The van der Waals surface area contributed by atoms with Crippen LogP contribution in [0.5, 0.6) is 0 Å². The van der Waals surface area contributed by atoms with E-state index in [0.29, 0.717) is 54.1 Å². The summed E-state index contributed by atoms with van der Waals surface area (Å²) < 4.78 is 29.2. The summed E-state index contributed by atoms with van der Waals surface area (Å²) >= 11 is 5.98. The molecular weight excluding hydrogens is 422 g/mol. The number of halogens is 3. The lowest BCUT2D eigenvalue weighted by Gasteiger charge is -2.20. The Bertz CT molecular complexity index is 1180. The Kier molecular flexibility index (Phi) is 4.83. The summed E-state index contributed by atoms with van der Waals surface area (Å²) in [6.07, 6.45) is 1.54. The van der Waals surface area contributed by atoms with E-state index in [-0.39, 0.29) is 22.8 Å². The van der Waals surface area contributed by atoms with Gasteiger partial charge in [0.2, 0.25) is 0 Å². The molecule has 5 nitrogen and oxygen atoms in total. The van der Waals surface area contributed by atoms with Gasteiger partial charge in [0, 0.05) is 31.2 Å². The summed E-state index contributed by atoms with van der Waals surface area (Å²) in [5, 5.41) is -0.0221. The first-order valence-corrected chi connectivity index (χ1v) is 10.5. The van der Waals surface area contributed by atoms with Crippen LogP contribution in [0.3, 0.4) is 0 Å². The van der Waals surface area contributed by atoms with Gasteiger partial charge in [-0.2, -0.15) is 0 Å². The summed E-state index contributed by atoms with van der Waals surface area (Å²) in [6, 6.07) is 9.37. The third-order valence-corrected chi connectivity index (χ3v) is 6.65. The SMILES string of the molecule is Cc1cc(Cn2c(C(=O)N3CC4C(N)C4C3)cnc2-c2ccc(F)c(Cl)c2)ccc1F. The molecule has 1 aliphatic heterocycles. The lowest BCUT2D eigenvalue weighted by atomic mass is 10.1. The van der Waals surface area contributed by atoms with E-state index < -0.39 is 5.82 Å². The minimum Gasteiger partial charge on any atom is -0.337 e. The molecular formula is C23H21ClF2N4O. The average Bonchev–Trinajstić information content (AvgIpc) is 3.12. The van der Waals surface area contributed by atoms with Gasteiger partial charge in [0.15, 0.2) is 0 Å². The Hall–Kier alpha value is -2.77. The number of amides is 1. The molecule has 5 rings (SSSR count). The van der Waals surface area contributed by atoms with Gasteiger partial charge in [-0.25, -0.2) is 13.8 Å². The fourth-order valence-corrected chi connectivity index (χ4v) is 4.64. The molecule has 2 aromatic carbocycles. The summed E-state index contributed by atoms with van der Waals surface area (Å²) in [7, 11) is 0. The van der Waals surface area contributed by atoms with Crippen LogP contribution in [0.4, 0.5) is 8.78 Å². The molecule has 0 spiro atoms. The van der Waals surface area contributed by atoms with Crippen LogP contribution in [-0.2, 0) is 6.54 Å². The molecule has 3 aromatic rings. The van der Waals surface area contributed by atoms with Crippen molar-refractivity contribution in [3.8, 4) is 11.4 Å². The number of hydrogen-bond donors (Lipinski definition) is 1. The molecule has 31 heavy (non-hydrogen) atoms. The number of imidazole rings is 1. The number of rotatable bonds is 4. The van der Waals surface area contributed by atoms with Crippen molar-refractivity contribution in [2.45, 2.75) is 19.5 Å². The van der Waals surface area contributed by atoms with Crippen molar-refractivity contribution in [1.82, 2.24) is 14.5 Å². The molecule has 1 aromatic heterocycles. The molecule has 0 radical (unpaired) electrons. The lowest BCUT2D eigenvalue weighted by molar-refractivity contribution is 0.0763. The average molecular weight is 443 g/mol. The van der Waals surface area contributed by atoms with Crippen molar-refractivity contribution in [2.75, 3.05) is 13.1 Å². The zero-order valence-corrected chi connectivity index (χ0v) is 17.6. The van der Waals surface area contributed by atoms with E-state index in [2.05, 4.69) is 4.98 Å². The number of likely N-dealkylation sites (tertiary alicyclic amines) is 1. The molecule has 2 atom stereocenters. The van der Waals surface area contributed by atoms with Crippen LogP contribution in [0.2, 0.25) is 5.02 Å². The van der Waals surface area contributed by atoms with E-state index in [1.807, 2.05) is 4.90 Å². The van der Waals surface area contributed by atoms with Gasteiger partial charge in [-0.05, 0) is 54.2 Å². The quantitative estimate of drug-likeness (QED) is 0.667. The van der Waals surface area contributed by atoms with E-state index in [9.17, 15) is 13.6 Å². The number of carbonyl (C=O) groups excluding carboxylic acids is 1. The summed E-state index contributed by atoms with van der Waals surface area (Å²) in [5.74, 6) is 0.301. The fourth-order valence-electron chi connectivity index (χ4n) is 4.46. The molecule has 1 saturated carbocycles. The Balaban J connectivity index is 1.54. The van der Waals surface area contributed by atoms with Crippen LogP contribution in [0.25, 0.3) is 11.4 Å². The van der Waals surface area contributed by atoms with Crippen molar-refractivity contribution in [2.24, 2.45) is 17.6 Å². The van der Waals surface area contributed by atoms with Gasteiger partial charge in [0.05, 0.1) is 11.2 Å². The Morgan fingerprint density at radius 3 is 2.55 bits per heavy atom. The normalized spacial score (nSPS) is 22.0. The maximum atomic E-state index is 13.7. The van der Waals surface area contributed by atoms with Crippen molar-refractivity contribution in [3.63, 3.8) is 0 Å². The number of carbonyl (C=O) groups is 1. The minimum atomic E-state index is -0.526. The summed E-state index contributed by atoms with van der Waals surface area (Å²) in [5.41, 5.74) is 8.37. The largest absolute Gasteiger partial charge is 0.337 e. The molecule has 8 heteroatoms. The van der Waals surface area contributed by atoms with Crippen LogP contribution >= 0.6 is 11.6 Å². The van der Waals surface area contributed by atoms with Crippen LogP contribution < -0.4 is 5.73 Å². The van der Waals surface area contributed by atoms with Crippen molar-refractivity contribution >= 4 is 17.5 Å². The van der Waals surface area contributed by atoms with Gasteiger partial charge in [-0.1, -0.05) is 23.7 Å². The molecule has 2 heterocycles. The molecule has 0 bridgehead atoms. The van der Waals surface area contributed by atoms with E-state index in [4.69, 9.17) is 17.3 Å². The Morgan fingerprint density at radius 2 is 1.87 bits per heavy atom. The first-order chi connectivity index (χ1) is 14.8. The highest BCUT2D eigenvalue weighted by molar-refractivity contribution is 6.31. The maximum absolute atomic E-state index is 13.7. The number of aromatic nitrogens is 2. The molecule has 2 N–H and O–H groups in total. The second-order valence-electron chi connectivity index (χ2n) is 8.38. The number of nitrogens with two attached hydrogens (primary N) is 1.